The topological polar surface area (TPSA) is 67.3 Å². The third-order valence-electron chi connectivity index (χ3n) is 1.49. The molecule has 1 N–H and O–H groups in total. The van der Waals surface area contributed by atoms with Gasteiger partial charge in [-0.2, -0.15) is 15.3 Å². The molecule has 0 aliphatic rings. The van der Waals surface area contributed by atoms with E-state index in [9.17, 15) is 0 Å². The molecule has 0 unspecified atom stereocenters. The molecule has 6 heteroatoms. The minimum absolute atomic E-state index is 0.633. The number of nitrogens with zero attached hydrogens (tertiary/aromatic N) is 4. The molecule has 0 fully saturated rings. The predicted octanol–water partition coefficient (Wildman–Crippen LogP) is 1.25. The predicted molar refractivity (Wildman–Crippen MR) is 50.5 cm³/mol. The molecule has 0 amide bonds. The van der Waals surface area contributed by atoms with Crippen molar-refractivity contribution < 1.29 is 0 Å². The van der Waals surface area contributed by atoms with E-state index in [0.29, 0.717) is 11.2 Å². The molecule has 0 bridgehead atoms. The van der Waals surface area contributed by atoms with Crippen molar-refractivity contribution in [2.45, 2.75) is 18.5 Å². The molecular weight excluding hydrogens is 186 g/mol. The highest BCUT2D eigenvalue weighted by Gasteiger charge is 2.02. The molecule has 0 aliphatic carbocycles. The number of aromatic amines is 1. The van der Waals surface area contributed by atoms with Crippen LogP contribution in [0, 0.1) is 0 Å². The van der Waals surface area contributed by atoms with E-state index in [1.54, 1.807) is 18.0 Å². The molecule has 5 nitrogen and oxygen atoms in total. The van der Waals surface area contributed by atoms with Crippen LogP contribution in [0.2, 0.25) is 0 Å². The van der Waals surface area contributed by atoms with E-state index >= 15 is 0 Å². The first kappa shape index (κ1) is 8.43. The molecule has 0 aromatic carbocycles. The standard InChI is InChI=1S/C7H9N5S/c1-2-3-13-7-8-4-5-6(9-7)11-12-10-5/h4H,2-3H2,1H3,(H,8,9,10,11,12). The molecule has 2 aromatic rings. The van der Waals surface area contributed by atoms with Crippen molar-refractivity contribution in [3.63, 3.8) is 0 Å². The van der Waals surface area contributed by atoms with Gasteiger partial charge >= 0.3 is 0 Å². The summed E-state index contributed by atoms with van der Waals surface area (Å²) >= 11 is 1.63. The van der Waals surface area contributed by atoms with Crippen LogP contribution >= 0.6 is 11.8 Å². The first-order valence-electron chi connectivity index (χ1n) is 4.06. The van der Waals surface area contributed by atoms with E-state index in [4.69, 9.17) is 0 Å². The summed E-state index contributed by atoms with van der Waals surface area (Å²) in [6.07, 6.45) is 2.80. The maximum absolute atomic E-state index is 4.22. The van der Waals surface area contributed by atoms with E-state index in [0.717, 1.165) is 17.3 Å². The average Bonchev–Trinajstić information content (AvgIpc) is 2.61. The van der Waals surface area contributed by atoms with Crippen LogP contribution in [0.5, 0.6) is 0 Å². The zero-order chi connectivity index (χ0) is 9.10. The van der Waals surface area contributed by atoms with Crippen molar-refractivity contribution in [3.05, 3.63) is 6.20 Å². The molecule has 0 spiro atoms. The molecule has 13 heavy (non-hydrogen) atoms. The lowest BCUT2D eigenvalue weighted by Gasteiger charge is -1.95. The zero-order valence-corrected chi connectivity index (χ0v) is 8.01. The maximum atomic E-state index is 4.22. The molecule has 0 saturated heterocycles. The highest BCUT2D eigenvalue weighted by atomic mass is 32.2. The Bertz CT molecular complexity index is 398. The lowest BCUT2D eigenvalue weighted by molar-refractivity contribution is 0.945. The molecule has 0 atom stereocenters. The Balaban J connectivity index is 2.26. The van der Waals surface area contributed by atoms with Crippen LogP contribution in [-0.2, 0) is 0 Å². The van der Waals surface area contributed by atoms with Crippen LogP contribution < -0.4 is 0 Å². The molecule has 0 radical (unpaired) electrons. The Morgan fingerprint density at radius 1 is 1.46 bits per heavy atom. The van der Waals surface area contributed by atoms with Gasteiger partial charge in [-0.3, -0.25) is 0 Å². The molecule has 2 aromatic heterocycles. The second-order valence-electron chi connectivity index (χ2n) is 2.53. The van der Waals surface area contributed by atoms with Crippen molar-refractivity contribution in [2.75, 3.05) is 5.75 Å². The largest absolute Gasteiger partial charge is 0.229 e. The Labute approximate surface area is 79.4 Å². The highest BCUT2D eigenvalue weighted by molar-refractivity contribution is 7.99. The lowest BCUT2D eigenvalue weighted by Crippen LogP contribution is -1.87. The number of rotatable bonds is 3. The number of hydrogen-bond donors (Lipinski definition) is 1. The molecule has 2 rings (SSSR count). The summed E-state index contributed by atoms with van der Waals surface area (Å²) in [5.74, 6) is 1.03. The fraction of sp³-hybridized carbons (Fsp3) is 0.429. The normalized spacial score (nSPS) is 10.8. The Hall–Kier alpha value is -1.17. The fourth-order valence-electron chi connectivity index (χ4n) is 0.901. The zero-order valence-electron chi connectivity index (χ0n) is 7.19. The van der Waals surface area contributed by atoms with Gasteiger partial charge in [0, 0.05) is 5.75 Å². The van der Waals surface area contributed by atoms with Gasteiger partial charge in [-0.1, -0.05) is 18.7 Å². The summed E-state index contributed by atoms with van der Waals surface area (Å²) < 4.78 is 0. The van der Waals surface area contributed by atoms with Crippen molar-refractivity contribution in [1.29, 1.82) is 0 Å². The first-order valence-corrected chi connectivity index (χ1v) is 5.05. The van der Waals surface area contributed by atoms with Crippen molar-refractivity contribution in [3.8, 4) is 0 Å². The summed E-state index contributed by atoms with van der Waals surface area (Å²) in [5, 5.41) is 11.0. The van der Waals surface area contributed by atoms with Gasteiger partial charge in [0.25, 0.3) is 0 Å². The van der Waals surface area contributed by atoms with Gasteiger partial charge in [-0.15, -0.1) is 5.10 Å². The molecule has 2 heterocycles. The SMILES string of the molecule is CCCSc1ncc2n[nH]nc2n1. The number of thioether (sulfide) groups is 1. The van der Waals surface area contributed by atoms with Gasteiger partial charge in [0.05, 0.1) is 6.20 Å². The van der Waals surface area contributed by atoms with Gasteiger partial charge in [-0.05, 0) is 6.42 Å². The van der Waals surface area contributed by atoms with Crippen LogP contribution in [0.15, 0.2) is 11.4 Å². The van der Waals surface area contributed by atoms with Crippen molar-refractivity contribution >= 4 is 22.9 Å². The fourth-order valence-corrected chi connectivity index (χ4v) is 1.57. The van der Waals surface area contributed by atoms with Crippen LogP contribution in [0.1, 0.15) is 13.3 Å². The lowest BCUT2D eigenvalue weighted by atomic mass is 10.6. The molecule has 0 saturated carbocycles. The Morgan fingerprint density at radius 3 is 3.23 bits per heavy atom. The summed E-state index contributed by atoms with van der Waals surface area (Å²) in [7, 11) is 0. The smallest absolute Gasteiger partial charge is 0.205 e. The second kappa shape index (κ2) is 3.69. The average molecular weight is 195 g/mol. The van der Waals surface area contributed by atoms with E-state index in [1.807, 2.05) is 0 Å². The number of H-pyrrole nitrogens is 1. The molecular formula is C7H9N5S. The minimum atomic E-state index is 0.633. The number of aromatic nitrogens is 5. The number of fused-ring (bicyclic) bond motifs is 1. The Morgan fingerprint density at radius 2 is 2.38 bits per heavy atom. The number of nitrogens with one attached hydrogen (secondary N) is 1. The van der Waals surface area contributed by atoms with Gasteiger partial charge < -0.3 is 0 Å². The van der Waals surface area contributed by atoms with Crippen molar-refractivity contribution in [2.24, 2.45) is 0 Å². The third kappa shape index (κ3) is 1.77. The Kier molecular flexibility index (Phi) is 2.40. The second-order valence-corrected chi connectivity index (χ2v) is 3.60. The van der Waals surface area contributed by atoms with Crippen LogP contribution in [0.3, 0.4) is 0 Å². The summed E-state index contributed by atoms with van der Waals surface area (Å²) in [4.78, 5) is 8.37. The maximum Gasteiger partial charge on any atom is 0.205 e. The van der Waals surface area contributed by atoms with Gasteiger partial charge in [0.15, 0.2) is 5.16 Å². The third-order valence-corrected chi connectivity index (χ3v) is 2.56. The molecule has 68 valence electrons. The van der Waals surface area contributed by atoms with Crippen LogP contribution in [-0.4, -0.2) is 31.1 Å². The monoisotopic (exact) mass is 195 g/mol. The summed E-state index contributed by atoms with van der Waals surface area (Å²) in [6, 6.07) is 0. The van der Waals surface area contributed by atoms with Gasteiger partial charge in [0.2, 0.25) is 5.65 Å². The van der Waals surface area contributed by atoms with Gasteiger partial charge in [0.1, 0.15) is 5.52 Å². The van der Waals surface area contributed by atoms with Gasteiger partial charge in [-0.25, -0.2) is 4.98 Å². The highest BCUT2D eigenvalue weighted by Crippen LogP contribution is 2.14. The van der Waals surface area contributed by atoms with E-state index in [2.05, 4.69) is 32.3 Å². The summed E-state index contributed by atoms with van der Waals surface area (Å²) in [5.41, 5.74) is 1.34. The quantitative estimate of drug-likeness (QED) is 0.589. The van der Waals surface area contributed by atoms with E-state index in [1.165, 1.54) is 0 Å². The van der Waals surface area contributed by atoms with Crippen molar-refractivity contribution in [1.82, 2.24) is 25.4 Å². The summed E-state index contributed by atoms with van der Waals surface area (Å²) in [6.45, 7) is 2.13. The number of hydrogen-bond acceptors (Lipinski definition) is 5. The van der Waals surface area contributed by atoms with E-state index < -0.39 is 0 Å². The molecule has 0 aliphatic heterocycles. The van der Waals surface area contributed by atoms with Crippen LogP contribution in [0.25, 0.3) is 11.2 Å². The van der Waals surface area contributed by atoms with E-state index in [-0.39, 0.29) is 0 Å². The minimum Gasteiger partial charge on any atom is -0.229 e. The van der Waals surface area contributed by atoms with Crippen LogP contribution in [0.4, 0.5) is 0 Å². The first-order chi connectivity index (χ1) is 6.40.